The number of carbonyl (C=O) groups is 1. The second-order valence-electron chi connectivity index (χ2n) is 3.60. The molecule has 1 atom stereocenters. The second kappa shape index (κ2) is 6.98. The summed E-state index contributed by atoms with van der Waals surface area (Å²) in [5.41, 5.74) is 0.611. The molecule has 1 unspecified atom stereocenters. The first-order valence-corrected chi connectivity index (χ1v) is 5.51. The van der Waals surface area contributed by atoms with Crippen molar-refractivity contribution in [3.8, 4) is 0 Å². The van der Waals surface area contributed by atoms with Crippen LogP contribution in [0.2, 0.25) is 0 Å². The molecule has 0 bridgehead atoms. The standard InChI is InChI=1S/C12H17NO4/c1-3-16-7-9(2)17-8-10-5-4-6-13-11(10)12(14)15/h4-6,9H,3,7-8H2,1-2H3,(H,14,15). The number of hydrogen-bond acceptors (Lipinski definition) is 4. The van der Waals surface area contributed by atoms with Gasteiger partial charge in [-0.15, -0.1) is 0 Å². The summed E-state index contributed by atoms with van der Waals surface area (Å²) in [5.74, 6) is -1.04. The van der Waals surface area contributed by atoms with Gasteiger partial charge in [0.05, 0.1) is 19.3 Å². The van der Waals surface area contributed by atoms with Crippen molar-refractivity contribution < 1.29 is 19.4 Å². The molecule has 0 aliphatic rings. The minimum absolute atomic E-state index is 0.0381. The second-order valence-corrected chi connectivity index (χ2v) is 3.60. The average Bonchev–Trinajstić information content (AvgIpc) is 2.34. The molecule has 1 heterocycles. The molecular formula is C12H17NO4. The summed E-state index contributed by atoms with van der Waals surface area (Å²) >= 11 is 0. The van der Waals surface area contributed by atoms with E-state index in [9.17, 15) is 4.79 Å². The van der Waals surface area contributed by atoms with Crippen LogP contribution in [0.25, 0.3) is 0 Å². The lowest BCUT2D eigenvalue weighted by atomic mass is 10.2. The van der Waals surface area contributed by atoms with Crippen molar-refractivity contribution in [2.75, 3.05) is 13.2 Å². The van der Waals surface area contributed by atoms with Gasteiger partial charge < -0.3 is 14.6 Å². The Hall–Kier alpha value is -1.46. The van der Waals surface area contributed by atoms with Crippen LogP contribution in [0.5, 0.6) is 0 Å². The van der Waals surface area contributed by atoms with Crippen LogP contribution in [0.3, 0.4) is 0 Å². The zero-order valence-electron chi connectivity index (χ0n) is 10.0. The van der Waals surface area contributed by atoms with Gasteiger partial charge in [0, 0.05) is 18.4 Å². The first-order valence-electron chi connectivity index (χ1n) is 5.51. The monoisotopic (exact) mass is 239 g/mol. The highest BCUT2D eigenvalue weighted by atomic mass is 16.5. The maximum absolute atomic E-state index is 10.9. The molecule has 17 heavy (non-hydrogen) atoms. The van der Waals surface area contributed by atoms with Gasteiger partial charge >= 0.3 is 5.97 Å². The number of aromatic nitrogens is 1. The topological polar surface area (TPSA) is 68.7 Å². The Bertz CT molecular complexity index is 367. The predicted octanol–water partition coefficient (Wildman–Crippen LogP) is 1.72. The maximum atomic E-state index is 10.9. The van der Waals surface area contributed by atoms with Crippen molar-refractivity contribution in [2.24, 2.45) is 0 Å². The summed E-state index contributed by atoms with van der Waals surface area (Å²) in [6.07, 6.45) is 1.38. The molecule has 0 radical (unpaired) electrons. The lowest BCUT2D eigenvalue weighted by molar-refractivity contribution is -0.0120. The van der Waals surface area contributed by atoms with Crippen molar-refractivity contribution in [2.45, 2.75) is 26.6 Å². The van der Waals surface area contributed by atoms with Crippen molar-refractivity contribution in [3.63, 3.8) is 0 Å². The molecule has 0 amide bonds. The van der Waals surface area contributed by atoms with Gasteiger partial charge in [0.2, 0.25) is 0 Å². The summed E-state index contributed by atoms with van der Waals surface area (Å²) in [7, 11) is 0. The molecule has 1 aromatic rings. The van der Waals surface area contributed by atoms with Crippen LogP contribution in [-0.2, 0) is 16.1 Å². The summed E-state index contributed by atoms with van der Waals surface area (Å²) in [6.45, 7) is 5.16. The van der Waals surface area contributed by atoms with E-state index in [0.717, 1.165) is 0 Å². The van der Waals surface area contributed by atoms with E-state index in [4.69, 9.17) is 14.6 Å². The Labute approximate surface area is 100 Å². The third-order valence-electron chi connectivity index (χ3n) is 2.17. The summed E-state index contributed by atoms with van der Waals surface area (Å²) in [4.78, 5) is 14.7. The van der Waals surface area contributed by atoms with Crippen LogP contribution in [0.15, 0.2) is 18.3 Å². The highest BCUT2D eigenvalue weighted by Crippen LogP contribution is 2.08. The molecule has 0 aliphatic carbocycles. The Morgan fingerprint density at radius 1 is 1.59 bits per heavy atom. The van der Waals surface area contributed by atoms with E-state index < -0.39 is 5.97 Å². The van der Waals surface area contributed by atoms with Crippen molar-refractivity contribution in [1.29, 1.82) is 0 Å². The predicted molar refractivity (Wildman–Crippen MR) is 61.9 cm³/mol. The molecule has 5 nitrogen and oxygen atoms in total. The number of pyridine rings is 1. The molecule has 0 spiro atoms. The zero-order valence-corrected chi connectivity index (χ0v) is 10.0. The number of aromatic carboxylic acids is 1. The lowest BCUT2D eigenvalue weighted by Gasteiger charge is -2.13. The fraction of sp³-hybridized carbons (Fsp3) is 0.500. The van der Waals surface area contributed by atoms with Gasteiger partial charge in [-0.3, -0.25) is 0 Å². The molecule has 1 N–H and O–H groups in total. The van der Waals surface area contributed by atoms with Crippen LogP contribution in [0, 0.1) is 0 Å². The molecule has 0 aromatic carbocycles. The van der Waals surface area contributed by atoms with Crippen molar-refractivity contribution >= 4 is 5.97 Å². The van der Waals surface area contributed by atoms with Gasteiger partial charge in [-0.05, 0) is 19.9 Å². The summed E-state index contributed by atoms with van der Waals surface area (Å²) in [6, 6.07) is 3.39. The van der Waals surface area contributed by atoms with Crippen LogP contribution in [0.1, 0.15) is 29.9 Å². The number of nitrogens with zero attached hydrogens (tertiary/aromatic N) is 1. The quantitative estimate of drug-likeness (QED) is 0.784. The van der Waals surface area contributed by atoms with E-state index in [1.807, 2.05) is 13.8 Å². The molecule has 0 saturated carbocycles. The highest BCUT2D eigenvalue weighted by Gasteiger charge is 2.12. The van der Waals surface area contributed by atoms with E-state index in [1.165, 1.54) is 6.20 Å². The van der Waals surface area contributed by atoms with E-state index >= 15 is 0 Å². The Kier molecular flexibility index (Phi) is 5.59. The number of carboxylic acids is 1. The number of carboxylic acid groups (broad SMARTS) is 1. The van der Waals surface area contributed by atoms with Gasteiger partial charge in [0.25, 0.3) is 0 Å². The molecule has 94 valence electrons. The van der Waals surface area contributed by atoms with E-state index in [2.05, 4.69) is 4.98 Å². The molecule has 0 fully saturated rings. The Morgan fingerprint density at radius 3 is 3.00 bits per heavy atom. The van der Waals surface area contributed by atoms with Gasteiger partial charge in [-0.2, -0.15) is 0 Å². The van der Waals surface area contributed by atoms with E-state index in [0.29, 0.717) is 18.8 Å². The Balaban J connectivity index is 2.54. The molecule has 0 saturated heterocycles. The third-order valence-corrected chi connectivity index (χ3v) is 2.17. The normalized spacial score (nSPS) is 12.4. The van der Waals surface area contributed by atoms with Crippen LogP contribution in [0.4, 0.5) is 0 Å². The van der Waals surface area contributed by atoms with Crippen molar-refractivity contribution in [1.82, 2.24) is 4.98 Å². The maximum Gasteiger partial charge on any atom is 0.354 e. The van der Waals surface area contributed by atoms with E-state index in [-0.39, 0.29) is 18.4 Å². The van der Waals surface area contributed by atoms with Gasteiger partial charge in [0.1, 0.15) is 0 Å². The average molecular weight is 239 g/mol. The number of hydrogen-bond donors (Lipinski definition) is 1. The largest absolute Gasteiger partial charge is 0.477 e. The molecule has 5 heteroatoms. The van der Waals surface area contributed by atoms with Crippen LogP contribution in [-0.4, -0.2) is 35.4 Å². The smallest absolute Gasteiger partial charge is 0.354 e. The summed E-state index contributed by atoms with van der Waals surface area (Å²) in [5, 5.41) is 8.93. The number of ether oxygens (including phenoxy) is 2. The first kappa shape index (κ1) is 13.6. The van der Waals surface area contributed by atoms with E-state index in [1.54, 1.807) is 12.1 Å². The number of rotatable bonds is 7. The zero-order chi connectivity index (χ0) is 12.7. The molecule has 0 aliphatic heterocycles. The van der Waals surface area contributed by atoms with Gasteiger partial charge in [-0.1, -0.05) is 6.07 Å². The van der Waals surface area contributed by atoms with Crippen LogP contribution >= 0.6 is 0 Å². The van der Waals surface area contributed by atoms with Crippen LogP contribution < -0.4 is 0 Å². The third kappa shape index (κ3) is 4.50. The van der Waals surface area contributed by atoms with Crippen molar-refractivity contribution in [3.05, 3.63) is 29.6 Å². The molecule has 1 aromatic heterocycles. The fourth-order valence-electron chi connectivity index (χ4n) is 1.31. The molecule has 1 rings (SSSR count). The SMILES string of the molecule is CCOCC(C)OCc1cccnc1C(=O)O. The van der Waals surface area contributed by atoms with Gasteiger partial charge in [-0.25, -0.2) is 9.78 Å². The Morgan fingerprint density at radius 2 is 2.35 bits per heavy atom. The first-order chi connectivity index (χ1) is 8.15. The highest BCUT2D eigenvalue weighted by molar-refractivity contribution is 5.86. The minimum Gasteiger partial charge on any atom is -0.477 e. The summed E-state index contributed by atoms with van der Waals surface area (Å²) < 4.78 is 10.7. The molecular weight excluding hydrogens is 222 g/mol. The van der Waals surface area contributed by atoms with Gasteiger partial charge in [0.15, 0.2) is 5.69 Å². The fourth-order valence-corrected chi connectivity index (χ4v) is 1.31. The lowest BCUT2D eigenvalue weighted by Crippen LogP contribution is -2.17. The minimum atomic E-state index is -1.04.